The van der Waals surface area contributed by atoms with E-state index >= 15 is 0 Å². The van der Waals surface area contributed by atoms with Crippen molar-refractivity contribution in [2.75, 3.05) is 6.54 Å². The maximum atomic E-state index is 11.8. The van der Waals surface area contributed by atoms with Gasteiger partial charge in [-0.3, -0.25) is 4.79 Å². The van der Waals surface area contributed by atoms with E-state index in [0.29, 0.717) is 44.7 Å². The van der Waals surface area contributed by atoms with E-state index in [0.717, 1.165) is 18.5 Å². The summed E-state index contributed by atoms with van der Waals surface area (Å²) in [6, 6.07) is 10.9. The maximum Gasteiger partial charge on any atom is 0.296 e. The topological polar surface area (TPSA) is 79.6 Å². The molecule has 1 aliphatic rings. The Labute approximate surface area is 159 Å². The summed E-state index contributed by atoms with van der Waals surface area (Å²) in [6.07, 6.45) is 0.801. The van der Waals surface area contributed by atoms with Crippen LogP contribution in [0.25, 0.3) is 10.9 Å². The summed E-state index contributed by atoms with van der Waals surface area (Å²) in [7, 11) is 0. The lowest BCUT2D eigenvalue weighted by Crippen LogP contribution is -2.18. The lowest BCUT2D eigenvalue weighted by molar-refractivity contribution is 0.0995. The SMILES string of the molecule is O=C1N=Nc2nc(CNCCc3ccc(Cl)c(Cl)c3)nc3cccc1c23. The van der Waals surface area contributed by atoms with E-state index in [4.69, 9.17) is 23.2 Å². The van der Waals surface area contributed by atoms with Crippen LogP contribution in [0.15, 0.2) is 46.6 Å². The zero-order valence-corrected chi connectivity index (χ0v) is 15.1. The molecule has 2 heterocycles. The predicted octanol–water partition coefficient (Wildman–Crippen LogP) is 4.51. The number of hydrogen-bond acceptors (Lipinski definition) is 5. The standard InChI is InChI=1S/C18H13Cl2N5O/c19-12-5-4-10(8-13(12)20)6-7-21-9-15-22-14-3-1-2-11-16(14)17(23-15)24-25-18(11)26/h1-5,8,21H,6-7,9H2. The third-order valence-electron chi connectivity index (χ3n) is 4.07. The minimum Gasteiger partial charge on any atom is -0.310 e. The van der Waals surface area contributed by atoms with E-state index in [1.54, 1.807) is 18.2 Å². The number of nitrogens with zero attached hydrogens (tertiary/aromatic N) is 4. The third-order valence-corrected chi connectivity index (χ3v) is 4.81. The second-order valence-corrected chi connectivity index (χ2v) is 6.66. The van der Waals surface area contributed by atoms with Crippen molar-refractivity contribution in [3.8, 4) is 0 Å². The number of rotatable bonds is 5. The van der Waals surface area contributed by atoms with E-state index in [1.807, 2.05) is 18.2 Å². The molecule has 0 unspecified atom stereocenters. The van der Waals surface area contributed by atoms with Crippen molar-refractivity contribution >= 4 is 45.8 Å². The van der Waals surface area contributed by atoms with Gasteiger partial charge in [-0.2, -0.15) is 0 Å². The van der Waals surface area contributed by atoms with E-state index in [2.05, 4.69) is 25.5 Å². The molecule has 1 aliphatic heterocycles. The molecule has 0 fully saturated rings. The number of benzene rings is 2. The van der Waals surface area contributed by atoms with Gasteiger partial charge in [-0.1, -0.05) is 35.3 Å². The van der Waals surface area contributed by atoms with Crippen LogP contribution in [0.3, 0.4) is 0 Å². The summed E-state index contributed by atoms with van der Waals surface area (Å²) in [4.78, 5) is 20.7. The summed E-state index contributed by atoms with van der Waals surface area (Å²) in [5.41, 5.74) is 2.28. The minimum absolute atomic E-state index is 0.362. The maximum absolute atomic E-state index is 11.8. The molecule has 8 heteroatoms. The monoisotopic (exact) mass is 385 g/mol. The molecule has 3 aromatic rings. The van der Waals surface area contributed by atoms with Gasteiger partial charge < -0.3 is 5.32 Å². The first kappa shape index (κ1) is 17.0. The van der Waals surface area contributed by atoms with Gasteiger partial charge in [0.05, 0.1) is 33.1 Å². The van der Waals surface area contributed by atoms with Gasteiger partial charge in [0.2, 0.25) is 0 Å². The van der Waals surface area contributed by atoms with Gasteiger partial charge in [0.1, 0.15) is 5.82 Å². The Morgan fingerprint density at radius 3 is 2.73 bits per heavy atom. The van der Waals surface area contributed by atoms with E-state index in [1.165, 1.54) is 0 Å². The molecule has 0 saturated heterocycles. The van der Waals surface area contributed by atoms with E-state index in [-0.39, 0.29) is 5.91 Å². The first-order valence-corrected chi connectivity index (χ1v) is 8.78. The van der Waals surface area contributed by atoms with Crippen molar-refractivity contribution in [3.05, 3.63) is 63.4 Å². The minimum atomic E-state index is -0.362. The summed E-state index contributed by atoms with van der Waals surface area (Å²) in [5, 5.41) is 12.6. The highest BCUT2D eigenvalue weighted by Crippen LogP contribution is 2.30. The van der Waals surface area contributed by atoms with Crippen molar-refractivity contribution in [3.63, 3.8) is 0 Å². The van der Waals surface area contributed by atoms with Crippen LogP contribution in [-0.4, -0.2) is 22.4 Å². The van der Waals surface area contributed by atoms with Crippen LogP contribution >= 0.6 is 23.2 Å². The number of azo groups is 1. The molecule has 0 saturated carbocycles. The molecule has 0 aliphatic carbocycles. The summed E-state index contributed by atoms with van der Waals surface area (Å²) >= 11 is 11.9. The van der Waals surface area contributed by atoms with Crippen LogP contribution in [0.1, 0.15) is 21.7 Å². The quantitative estimate of drug-likeness (QED) is 0.655. The number of aromatic nitrogens is 2. The molecular weight excluding hydrogens is 373 g/mol. The molecule has 0 spiro atoms. The Morgan fingerprint density at radius 2 is 1.88 bits per heavy atom. The van der Waals surface area contributed by atoms with Gasteiger partial charge in [-0.15, -0.1) is 10.2 Å². The average Bonchev–Trinajstić information content (AvgIpc) is 2.64. The number of amides is 1. The Morgan fingerprint density at radius 1 is 1.00 bits per heavy atom. The number of carbonyl (C=O) groups is 1. The Kier molecular flexibility index (Phi) is 4.63. The van der Waals surface area contributed by atoms with Crippen molar-refractivity contribution in [1.29, 1.82) is 0 Å². The second kappa shape index (κ2) is 7.07. The van der Waals surface area contributed by atoms with Crippen LogP contribution in [0.5, 0.6) is 0 Å². The van der Waals surface area contributed by atoms with Crippen molar-refractivity contribution in [2.45, 2.75) is 13.0 Å². The predicted molar refractivity (Wildman–Crippen MR) is 100 cm³/mol. The first-order valence-electron chi connectivity index (χ1n) is 8.02. The molecule has 1 N–H and O–H groups in total. The molecule has 0 radical (unpaired) electrons. The fraction of sp³-hybridized carbons (Fsp3) is 0.167. The Balaban J connectivity index is 1.46. The lowest BCUT2D eigenvalue weighted by atomic mass is 10.1. The molecule has 0 atom stereocenters. The highest BCUT2D eigenvalue weighted by atomic mass is 35.5. The highest BCUT2D eigenvalue weighted by Gasteiger charge is 2.19. The van der Waals surface area contributed by atoms with Gasteiger partial charge in [0.25, 0.3) is 5.91 Å². The fourth-order valence-electron chi connectivity index (χ4n) is 2.81. The van der Waals surface area contributed by atoms with Crippen LogP contribution < -0.4 is 5.32 Å². The number of carbonyl (C=O) groups excluding carboxylic acids is 1. The van der Waals surface area contributed by atoms with Crippen LogP contribution in [0.4, 0.5) is 5.82 Å². The second-order valence-electron chi connectivity index (χ2n) is 5.84. The molecule has 4 rings (SSSR count). The van der Waals surface area contributed by atoms with Gasteiger partial charge in [0, 0.05) is 0 Å². The lowest BCUT2D eigenvalue weighted by Gasteiger charge is -2.11. The normalized spacial score (nSPS) is 12.8. The third kappa shape index (κ3) is 3.31. The molecule has 0 bridgehead atoms. The zero-order chi connectivity index (χ0) is 18.1. The number of hydrogen-bond donors (Lipinski definition) is 1. The van der Waals surface area contributed by atoms with Gasteiger partial charge in [-0.25, -0.2) is 9.97 Å². The number of halogens is 2. The van der Waals surface area contributed by atoms with E-state index in [9.17, 15) is 4.79 Å². The number of nitrogens with one attached hydrogen (secondary N) is 1. The highest BCUT2D eigenvalue weighted by molar-refractivity contribution is 6.42. The van der Waals surface area contributed by atoms with Crippen LogP contribution in [-0.2, 0) is 13.0 Å². The summed E-state index contributed by atoms with van der Waals surface area (Å²) in [5.74, 6) is 0.678. The van der Waals surface area contributed by atoms with Gasteiger partial charge in [-0.05, 0) is 42.8 Å². The smallest absolute Gasteiger partial charge is 0.296 e. The molecule has 26 heavy (non-hydrogen) atoms. The van der Waals surface area contributed by atoms with Crippen molar-refractivity contribution in [1.82, 2.24) is 15.3 Å². The molecule has 1 aromatic heterocycles. The molecule has 2 aromatic carbocycles. The van der Waals surface area contributed by atoms with Crippen molar-refractivity contribution < 1.29 is 4.79 Å². The van der Waals surface area contributed by atoms with Crippen molar-refractivity contribution in [2.24, 2.45) is 10.2 Å². The Bertz CT molecular complexity index is 1050. The Hall–Kier alpha value is -2.41. The molecule has 1 amide bonds. The average molecular weight is 386 g/mol. The zero-order valence-electron chi connectivity index (χ0n) is 13.5. The largest absolute Gasteiger partial charge is 0.310 e. The van der Waals surface area contributed by atoms with Crippen LogP contribution in [0.2, 0.25) is 10.0 Å². The van der Waals surface area contributed by atoms with E-state index < -0.39 is 0 Å². The van der Waals surface area contributed by atoms with Gasteiger partial charge >= 0.3 is 0 Å². The fourth-order valence-corrected chi connectivity index (χ4v) is 3.14. The molecule has 6 nitrogen and oxygen atoms in total. The van der Waals surface area contributed by atoms with Gasteiger partial charge in [0.15, 0.2) is 5.82 Å². The first-order chi connectivity index (χ1) is 12.6. The summed E-state index contributed by atoms with van der Waals surface area (Å²) < 4.78 is 0. The molecular formula is C18H13Cl2N5O. The molecule has 130 valence electrons. The summed E-state index contributed by atoms with van der Waals surface area (Å²) in [6.45, 7) is 1.21. The van der Waals surface area contributed by atoms with Crippen LogP contribution in [0, 0.1) is 0 Å².